The maximum absolute atomic E-state index is 12.0. The van der Waals surface area contributed by atoms with Gasteiger partial charge in [-0.15, -0.1) is 0 Å². The van der Waals surface area contributed by atoms with E-state index in [1.165, 1.54) is 13.2 Å². The molecule has 0 spiro atoms. The average Bonchev–Trinajstić information content (AvgIpc) is 3.12. The highest BCUT2D eigenvalue weighted by molar-refractivity contribution is 7.89. The molecule has 22 heavy (non-hydrogen) atoms. The van der Waals surface area contributed by atoms with Gasteiger partial charge in [-0.1, -0.05) is 0 Å². The fraction of sp³-hybridized carbons (Fsp3) is 0.643. The standard InChI is InChI=1S/C14H21NO6S/c1-10-12(7-13(21-10)14(16)19-2)8-15-22(17,18)6-4-11-3-5-20-9-11/h7,11,15H,3-6,8-9H2,1-2H3. The minimum atomic E-state index is -3.36. The maximum atomic E-state index is 12.0. The second-order valence-electron chi connectivity index (χ2n) is 5.34. The Bertz CT molecular complexity index is 615. The molecule has 1 aliphatic heterocycles. The summed E-state index contributed by atoms with van der Waals surface area (Å²) < 4.78 is 41.6. The van der Waals surface area contributed by atoms with E-state index in [2.05, 4.69) is 9.46 Å². The number of sulfonamides is 1. The van der Waals surface area contributed by atoms with Gasteiger partial charge in [-0.3, -0.25) is 0 Å². The molecule has 1 fully saturated rings. The van der Waals surface area contributed by atoms with Crippen molar-refractivity contribution in [3.05, 3.63) is 23.2 Å². The number of nitrogens with one attached hydrogen (secondary N) is 1. The van der Waals surface area contributed by atoms with Crippen LogP contribution >= 0.6 is 0 Å². The maximum Gasteiger partial charge on any atom is 0.373 e. The van der Waals surface area contributed by atoms with Gasteiger partial charge in [0.15, 0.2) is 0 Å². The van der Waals surface area contributed by atoms with Crippen LogP contribution in [-0.2, 0) is 26.0 Å². The Morgan fingerprint density at radius 3 is 2.91 bits per heavy atom. The molecular formula is C14H21NO6S. The molecule has 0 radical (unpaired) electrons. The van der Waals surface area contributed by atoms with Crippen molar-refractivity contribution in [1.29, 1.82) is 0 Å². The van der Waals surface area contributed by atoms with E-state index >= 15 is 0 Å². The van der Waals surface area contributed by atoms with E-state index in [-0.39, 0.29) is 18.1 Å². The van der Waals surface area contributed by atoms with Crippen LogP contribution in [0.15, 0.2) is 10.5 Å². The van der Waals surface area contributed by atoms with E-state index in [0.29, 0.717) is 36.9 Å². The molecule has 1 aliphatic rings. The molecule has 2 heterocycles. The summed E-state index contributed by atoms with van der Waals surface area (Å²) in [5.41, 5.74) is 0.619. The van der Waals surface area contributed by atoms with Crippen molar-refractivity contribution in [3.63, 3.8) is 0 Å². The second-order valence-corrected chi connectivity index (χ2v) is 7.27. The van der Waals surface area contributed by atoms with E-state index in [1.807, 2.05) is 0 Å². The molecule has 0 saturated carbocycles. The number of aryl methyl sites for hydroxylation is 1. The Morgan fingerprint density at radius 1 is 1.50 bits per heavy atom. The first-order valence-electron chi connectivity index (χ1n) is 7.14. The van der Waals surface area contributed by atoms with E-state index in [0.717, 1.165) is 6.42 Å². The van der Waals surface area contributed by atoms with Crippen molar-refractivity contribution in [2.45, 2.75) is 26.3 Å². The molecule has 0 bridgehead atoms. The third kappa shape index (κ3) is 4.56. The highest BCUT2D eigenvalue weighted by atomic mass is 32.2. The molecular weight excluding hydrogens is 310 g/mol. The van der Waals surface area contributed by atoms with E-state index < -0.39 is 16.0 Å². The van der Waals surface area contributed by atoms with Gasteiger partial charge in [0, 0.05) is 25.3 Å². The lowest BCUT2D eigenvalue weighted by Crippen LogP contribution is -2.27. The molecule has 1 aromatic rings. The molecule has 7 nitrogen and oxygen atoms in total. The van der Waals surface area contributed by atoms with Crippen molar-refractivity contribution >= 4 is 16.0 Å². The van der Waals surface area contributed by atoms with Crippen LogP contribution in [0.25, 0.3) is 0 Å². The molecule has 124 valence electrons. The molecule has 1 N–H and O–H groups in total. The van der Waals surface area contributed by atoms with Crippen LogP contribution in [0.4, 0.5) is 0 Å². The number of hydrogen-bond acceptors (Lipinski definition) is 6. The van der Waals surface area contributed by atoms with Gasteiger partial charge in [0.2, 0.25) is 15.8 Å². The molecule has 8 heteroatoms. The Labute approximate surface area is 130 Å². The Morgan fingerprint density at radius 2 is 2.27 bits per heavy atom. The first-order valence-corrected chi connectivity index (χ1v) is 8.79. The summed E-state index contributed by atoms with van der Waals surface area (Å²) in [6.45, 7) is 3.11. The fourth-order valence-electron chi connectivity index (χ4n) is 2.29. The normalized spacial score (nSPS) is 18.5. The number of furan rings is 1. The summed E-state index contributed by atoms with van der Waals surface area (Å²) in [7, 11) is -2.10. The van der Waals surface area contributed by atoms with Crippen molar-refractivity contribution in [1.82, 2.24) is 4.72 Å². The number of ether oxygens (including phenoxy) is 2. The Hall–Kier alpha value is -1.38. The summed E-state index contributed by atoms with van der Waals surface area (Å²) in [6.07, 6.45) is 1.51. The molecule has 1 aromatic heterocycles. The van der Waals surface area contributed by atoms with Crippen LogP contribution in [-0.4, -0.2) is 40.5 Å². The van der Waals surface area contributed by atoms with E-state index in [1.54, 1.807) is 6.92 Å². The molecule has 0 amide bonds. The number of rotatable bonds is 7. The molecule has 1 unspecified atom stereocenters. The van der Waals surface area contributed by atoms with Gasteiger partial charge in [0.05, 0.1) is 12.9 Å². The lowest BCUT2D eigenvalue weighted by molar-refractivity contribution is 0.0563. The molecule has 2 rings (SSSR count). The number of carbonyl (C=O) groups excluding carboxylic acids is 1. The van der Waals surface area contributed by atoms with Crippen LogP contribution in [0, 0.1) is 12.8 Å². The zero-order valence-corrected chi connectivity index (χ0v) is 13.6. The number of methoxy groups -OCH3 is 1. The molecule has 0 aromatic carbocycles. The van der Waals surface area contributed by atoms with Crippen LogP contribution < -0.4 is 4.72 Å². The highest BCUT2D eigenvalue weighted by Crippen LogP contribution is 2.18. The molecule has 1 atom stereocenters. The summed E-state index contributed by atoms with van der Waals surface area (Å²) in [6, 6.07) is 1.49. The number of esters is 1. The highest BCUT2D eigenvalue weighted by Gasteiger charge is 2.20. The zero-order chi connectivity index (χ0) is 16.2. The van der Waals surface area contributed by atoms with Crippen LogP contribution in [0.1, 0.15) is 34.7 Å². The lowest BCUT2D eigenvalue weighted by atomic mass is 10.1. The van der Waals surface area contributed by atoms with E-state index in [9.17, 15) is 13.2 Å². The first-order chi connectivity index (χ1) is 10.4. The smallest absolute Gasteiger partial charge is 0.373 e. The molecule has 1 saturated heterocycles. The lowest BCUT2D eigenvalue weighted by Gasteiger charge is -2.09. The van der Waals surface area contributed by atoms with Gasteiger partial charge in [-0.25, -0.2) is 17.9 Å². The second kappa shape index (κ2) is 7.26. The van der Waals surface area contributed by atoms with E-state index in [4.69, 9.17) is 9.15 Å². The Balaban J connectivity index is 1.88. The minimum Gasteiger partial charge on any atom is -0.463 e. The van der Waals surface area contributed by atoms with Gasteiger partial charge in [-0.05, 0) is 31.7 Å². The van der Waals surface area contributed by atoms with Gasteiger partial charge in [0.1, 0.15) is 5.76 Å². The molecule has 0 aliphatic carbocycles. The quantitative estimate of drug-likeness (QED) is 0.755. The Kier molecular flexibility index (Phi) is 5.60. The predicted molar refractivity (Wildman–Crippen MR) is 79.0 cm³/mol. The number of hydrogen-bond donors (Lipinski definition) is 1. The monoisotopic (exact) mass is 331 g/mol. The third-order valence-corrected chi connectivity index (χ3v) is 5.07. The minimum absolute atomic E-state index is 0.0669. The summed E-state index contributed by atoms with van der Waals surface area (Å²) >= 11 is 0. The average molecular weight is 331 g/mol. The van der Waals surface area contributed by atoms with Gasteiger partial charge < -0.3 is 13.9 Å². The number of carbonyl (C=O) groups is 1. The van der Waals surface area contributed by atoms with Crippen molar-refractivity contribution < 1.29 is 27.1 Å². The van der Waals surface area contributed by atoms with Crippen molar-refractivity contribution in [3.8, 4) is 0 Å². The fourth-order valence-corrected chi connectivity index (χ4v) is 3.45. The van der Waals surface area contributed by atoms with Crippen LogP contribution in [0.2, 0.25) is 0 Å². The van der Waals surface area contributed by atoms with Crippen molar-refractivity contribution in [2.75, 3.05) is 26.1 Å². The SMILES string of the molecule is COC(=O)c1cc(CNS(=O)(=O)CCC2CCOC2)c(C)o1. The topological polar surface area (TPSA) is 94.8 Å². The summed E-state index contributed by atoms with van der Waals surface area (Å²) in [4.78, 5) is 11.4. The first kappa shape index (κ1) is 17.0. The van der Waals surface area contributed by atoms with Gasteiger partial charge >= 0.3 is 5.97 Å². The summed E-state index contributed by atoms with van der Waals surface area (Å²) in [5.74, 6) is 0.364. The summed E-state index contributed by atoms with van der Waals surface area (Å²) in [5, 5.41) is 0. The predicted octanol–water partition coefficient (Wildman–Crippen LogP) is 1.22. The van der Waals surface area contributed by atoms with Gasteiger partial charge in [-0.2, -0.15) is 0 Å². The van der Waals surface area contributed by atoms with Gasteiger partial charge in [0.25, 0.3) is 0 Å². The van der Waals surface area contributed by atoms with Crippen LogP contribution in [0.3, 0.4) is 0 Å². The zero-order valence-electron chi connectivity index (χ0n) is 12.8. The third-order valence-electron chi connectivity index (χ3n) is 3.71. The van der Waals surface area contributed by atoms with Crippen LogP contribution in [0.5, 0.6) is 0 Å². The largest absolute Gasteiger partial charge is 0.463 e. The van der Waals surface area contributed by atoms with Crippen molar-refractivity contribution in [2.24, 2.45) is 5.92 Å².